The second-order valence-corrected chi connectivity index (χ2v) is 5.10. The van der Waals surface area contributed by atoms with Gasteiger partial charge in [0.05, 0.1) is 24.2 Å². The van der Waals surface area contributed by atoms with Crippen LogP contribution < -0.4 is 11.5 Å². The number of nitrogens with zero attached hydrogens (tertiary/aromatic N) is 2. The average molecular weight is 296 g/mol. The molecule has 3 aromatic rings. The standard InChI is InChI=1S/C17H20N4O/c18-9-11-22-12-10-21-16-4-2-1-3-15(16)20-17(21)13-5-7-14(19)8-6-13/h1-8H,9-12,18-19H2. The number of hydrogen-bond acceptors (Lipinski definition) is 4. The summed E-state index contributed by atoms with van der Waals surface area (Å²) in [6.07, 6.45) is 0. The number of nitrogens with two attached hydrogens (primary N) is 2. The summed E-state index contributed by atoms with van der Waals surface area (Å²) in [5.41, 5.74) is 15.1. The van der Waals surface area contributed by atoms with Gasteiger partial charge in [0.25, 0.3) is 0 Å². The number of benzene rings is 2. The van der Waals surface area contributed by atoms with Crippen molar-refractivity contribution in [2.45, 2.75) is 6.54 Å². The van der Waals surface area contributed by atoms with Gasteiger partial charge in [0.2, 0.25) is 0 Å². The van der Waals surface area contributed by atoms with Gasteiger partial charge in [-0.3, -0.25) is 0 Å². The highest BCUT2D eigenvalue weighted by atomic mass is 16.5. The minimum Gasteiger partial charge on any atom is -0.399 e. The predicted octanol–water partition coefficient (Wildman–Crippen LogP) is 2.26. The van der Waals surface area contributed by atoms with Gasteiger partial charge in [-0.1, -0.05) is 12.1 Å². The number of para-hydroxylation sites is 2. The third-order valence-corrected chi connectivity index (χ3v) is 3.54. The molecule has 1 aromatic heterocycles. The molecule has 0 aliphatic heterocycles. The molecule has 0 amide bonds. The maximum atomic E-state index is 5.77. The van der Waals surface area contributed by atoms with Crippen LogP contribution in [-0.2, 0) is 11.3 Å². The normalized spacial score (nSPS) is 11.1. The number of aromatic nitrogens is 2. The van der Waals surface area contributed by atoms with Crippen LogP contribution in [-0.4, -0.2) is 29.3 Å². The molecule has 0 radical (unpaired) electrons. The van der Waals surface area contributed by atoms with E-state index in [9.17, 15) is 0 Å². The van der Waals surface area contributed by atoms with Crippen LogP contribution in [0.3, 0.4) is 0 Å². The smallest absolute Gasteiger partial charge is 0.141 e. The Morgan fingerprint density at radius 2 is 1.77 bits per heavy atom. The van der Waals surface area contributed by atoms with Gasteiger partial charge in [-0.05, 0) is 36.4 Å². The fraction of sp³-hybridized carbons (Fsp3) is 0.235. The SMILES string of the molecule is NCCOCCn1c(-c2ccc(N)cc2)nc2ccccc21. The maximum absolute atomic E-state index is 5.77. The van der Waals surface area contributed by atoms with Crippen molar-refractivity contribution < 1.29 is 4.74 Å². The zero-order valence-electron chi connectivity index (χ0n) is 12.4. The van der Waals surface area contributed by atoms with E-state index in [0.29, 0.717) is 19.8 Å². The second kappa shape index (κ2) is 6.60. The van der Waals surface area contributed by atoms with Crippen molar-refractivity contribution in [2.24, 2.45) is 5.73 Å². The van der Waals surface area contributed by atoms with Gasteiger partial charge in [-0.25, -0.2) is 4.98 Å². The zero-order valence-corrected chi connectivity index (χ0v) is 12.4. The Balaban J connectivity index is 1.98. The van der Waals surface area contributed by atoms with Gasteiger partial charge in [-0.2, -0.15) is 0 Å². The fourth-order valence-electron chi connectivity index (χ4n) is 2.50. The van der Waals surface area contributed by atoms with Crippen LogP contribution in [0.25, 0.3) is 22.4 Å². The molecule has 1 heterocycles. The molecule has 0 spiro atoms. The van der Waals surface area contributed by atoms with Crippen LogP contribution >= 0.6 is 0 Å². The van der Waals surface area contributed by atoms with Crippen LogP contribution in [0.5, 0.6) is 0 Å². The van der Waals surface area contributed by atoms with Gasteiger partial charge >= 0.3 is 0 Å². The summed E-state index contributed by atoms with van der Waals surface area (Å²) in [6, 6.07) is 15.9. The van der Waals surface area contributed by atoms with E-state index in [4.69, 9.17) is 21.2 Å². The number of nitrogen functional groups attached to an aromatic ring is 1. The first-order valence-electron chi connectivity index (χ1n) is 7.38. The number of rotatable bonds is 6. The van der Waals surface area contributed by atoms with Gasteiger partial charge in [0.15, 0.2) is 0 Å². The molecule has 0 aliphatic carbocycles. The highest BCUT2D eigenvalue weighted by Crippen LogP contribution is 2.25. The number of imidazole rings is 1. The van der Waals surface area contributed by atoms with Crippen molar-refractivity contribution in [3.63, 3.8) is 0 Å². The van der Waals surface area contributed by atoms with Crippen molar-refractivity contribution in [1.29, 1.82) is 0 Å². The number of ether oxygens (including phenoxy) is 1. The molecule has 0 saturated carbocycles. The molecule has 22 heavy (non-hydrogen) atoms. The van der Waals surface area contributed by atoms with Crippen molar-refractivity contribution in [1.82, 2.24) is 9.55 Å². The van der Waals surface area contributed by atoms with E-state index in [1.807, 2.05) is 42.5 Å². The number of anilines is 1. The summed E-state index contributed by atoms with van der Waals surface area (Å²) in [5, 5.41) is 0. The lowest BCUT2D eigenvalue weighted by Crippen LogP contribution is -2.13. The van der Waals surface area contributed by atoms with E-state index in [1.165, 1.54) is 0 Å². The zero-order chi connectivity index (χ0) is 15.4. The summed E-state index contributed by atoms with van der Waals surface area (Å²) >= 11 is 0. The number of hydrogen-bond donors (Lipinski definition) is 2. The van der Waals surface area contributed by atoms with E-state index in [0.717, 1.165) is 34.7 Å². The molecule has 0 unspecified atom stereocenters. The summed E-state index contributed by atoms with van der Waals surface area (Å²) in [5.74, 6) is 0.928. The first-order valence-corrected chi connectivity index (χ1v) is 7.38. The van der Waals surface area contributed by atoms with Gasteiger partial charge < -0.3 is 20.8 Å². The van der Waals surface area contributed by atoms with Crippen LogP contribution in [0.4, 0.5) is 5.69 Å². The molecular formula is C17H20N4O. The predicted molar refractivity (Wildman–Crippen MR) is 89.5 cm³/mol. The summed E-state index contributed by atoms with van der Waals surface area (Å²) in [7, 11) is 0. The molecule has 5 nitrogen and oxygen atoms in total. The van der Waals surface area contributed by atoms with Crippen LogP contribution in [0.1, 0.15) is 0 Å². The topological polar surface area (TPSA) is 79.1 Å². The maximum Gasteiger partial charge on any atom is 0.141 e. The summed E-state index contributed by atoms with van der Waals surface area (Å²) < 4.78 is 7.70. The summed E-state index contributed by atoms with van der Waals surface area (Å²) in [6.45, 7) is 2.46. The Labute approximate surface area is 129 Å². The molecule has 0 aliphatic rings. The Kier molecular flexibility index (Phi) is 4.37. The van der Waals surface area contributed by atoms with E-state index < -0.39 is 0 Å². The molecule has 3 rings (SSSR count). The highest BCUT2D eigenvalue weighted by molar-refractivity contribution is 5.80. The third-order valence-electron chi connectivity index (χ3n) is 3.54. The van der Waals surface area contributed by atoms with Crippen molar-refractivity contribution in [3.05, 3.63) is 48.5 Å². The average Bonchev–Trinajstić information content (AvgIpc) is 2.91. The quantitative estimate of drug-likeness (QED) is 0.540. The van der Waals surface area contributed by atoms with Crippen molar-refractivity contribution >= 4 is 16.7 Å². The molecule has 2 aromatic carbocycles. The Bertz CT molecular complexity index is 749. The fourth-order valence-corrected chi connectivity index (χ4v) is 2.50. The Hall–Kier alpha value is -2.37. The molecule has 0 saturated heterocycles. The minimum atomic E-state index is 0.537. The Morgan fingerprint density at radius 3 is 2.55 bits per heavy atom. The van der Waals surface area contributed by atoms with Crippen LogP contribution in [0.15, 0.2) is 48.5 Å². The lowest BCUT2D eigenvalue weighted by molar-refractivity contribution is 0.134. The van der Waals surface area contributed by atoms with Crippen molar-refractivity contribution in [3.8, 4) is 11.4 Å². The molecular weight excluding hydrogens is 276 g/mol. The first kappa shape index (κ1) is 14.6. The Morgan fingerprint density at radius 1 is 1.00 bits per heavy atom. The molecule has 0 bridgehead atoms. The molecule has 0 atom stereocenters. The van der Waals surface area contributed by atoms with E-state index in [1.54, 1.807) is 0 Å². The van der Waals surface area contributed by atoms with E-state index >= 15 is 0 Å². The molecule has 0 fully saturated rings. The van der Waals surface area contributed by atoms with Gasteiger partial charge in [-0.15, -0.1) is 0 Å². The monoisotopic (exact) mass is 296 g/mol. The van der Waals surface area contributed by atoms with Crippen LogP contribution in [0.2, 0.25) is 0 Å². The largest absolute Gasteiger partial charge is 0.399 e. The minimum absolute atomic E-state index is 0.537. The molecule has 114 valence electrons. The third kappa shape index (κ3) is 2.95. The lowest BCUT2D eigenvalue weighted by atomic mass is 10.2. The second-order valence-electron chi connectivity index (χ2n) is 5.10. The lowest BCUT2D eigenvalue weighted by Gasteiger charge is -2.10. The van der Waals surface area contributed by atoms with E-state index in [2.05, 4.69) is 10.6 Å². The van der Waals surface area contributed by atoms with Gasteiger partial charge in [0.1, 0.15) is 5.82 Å². The van der Waals surface area contributed by atoms with E-state index in [-0.39, 0.29) is 0 Å². The summed E-state index contributed by atoms with van der Waals surface area (Å²) in [4.78, 5) is 4.75. The molecule has 5 heteroatoms. The van der Waals surface area contributed by atoms with Crippen LogP contribution in [0, 0.1) is 0 Å². The first-order chi connectivity index (χ1) is 10.8. The molecule has 4 N–H and O–H groups in total. The number of fused-ring (bicyclic) bond motifs is 1. The highest BCUT2D eigenvalue weighted by Gasteiger charge is 2.12. The van der Waals surface area contributed by atoms with Gasteiger partial charge in [0, 0.05) is 24.3 Å². The van der Waals surface area contributed by atoms with Crippen molar-refractivity contribution in [2.75, 3.05) is 25.5 Å².